The average molecular weight is 299 g/mol. The van der Waals surface area contributed by atoms with E-state index in [1.165, 1.54) is 17.0 Å². The Kier molecular flexibility index (Phi) is 5.47. The zero-order chi connectivity index (χ0) is 15.9. The molecule has 1 amide bonds. The maximum absolute atomic E-state index is 12.0. The van der Waals surface area contributed by atoms with Crippen LogP contribution in [0.2, 0.25) is 0 Å². The molecule has 0 bridgehead atoms. The molecule has 22 heavy (non-hydrogen) atoms. The first-order valence-corrected chi connectivity index (χ1v) is 7.50. The average Bonchev–Trinajstić information content (AvgIpc) is 2.50. The molecule has 0 saturated carbocycles. The molecule has 0 aliphatic carbocycles. The largest absolute Gasteiger partial charge is 0.325 e. The molecule has 0 aliphatic heterocycles. The van der Waals surface area contributed by atoms with E-state index < -0.39 is 0 Å². The molecule has 0 fully saturated rings. The highest BCUT2D eigenvalue weighted by molar-refractivity contribution is 5.90. The van der Waals surface area contributed by atoms with Gasteiger partial charge in [0.1, 0.15) is 6.54 Å². The molecule has 1 N–H and O–H groups in total. The minimum atomic E-state index is -0.242. The van der Waals surface area contributed by atoms with E-state index in [-0.39, 0.29) is 18.0 Å². The Morgan fingerprint density at radius 1 is 1.27 bits per heavy atom. The summed E-state index contributed by atoms with van der Waals surface area (Å²) >= 11 is 0. The fourth-order valence-electron chi connectivity index (χ4n) is 2.07. The van der Waals surface area contributed by atoms with E-state index in [1.54, 1.807) is 0 Å². The van der Waals surface area contributed by atoms with Crippen LogP contribution in [0.25, 0.3) is 0 Å². The number of rotatable bonds is 6. The number of benzene rings is 1. The van der Waals surface area contributed by atoms with Crippen molar-refractivity contribution in [2.75, 3.05) is 5.32 Å². The monoisotopic (exact) mass is 299 g/mol. The molecule has 5 heteroatoms. The topological polar surface area (TPSA) is 64.0 Å². The lowest BCUT2D eigenvalue weighted by molar-refractivity contribution is -0.116. The van der Waals surface area contributed by atoms with Crippen molar-refractivity contribution in [2.45, 2.75) is 39.7 Å². The first-order chi connectivity index (χ1) is 10.6. The Morgan fingerprint density at radius 3 is 2.64 bits per heavy atom. The van der Waals surface area contributed by atoms with Crippen LogP contribution in [0.5, 0.6) is 0 Å². The second-order valence-corrected chi connectivity index (χ2v) is 5.36. The summed E-state index contributed by atoms with van der Waals surface area (Å²) in [6, 6.07) is 9.02. The number of nitrogens with zero attached hydrogens (tertiary/aromatic N) is 2. The van der Waals surface area contributed by atoms with Crippen LogP contribution >= 0.6 is 0 Å². The van der Waals surface area contributed by atoms with Gasteiger partial charge in [0, 0.05) is 17.4 Å². The lowest BCUT2D eigenvalue weighted by Gasteiger charge is -2.08. The van der Waals surface area contributed by atoms with Crippen molar-refractivity contribution in [3.05, 3.63) is 58.3 Å². The van der Waals surface area contributed by atoms with Gasteiger partial charge in [0.05, 0.1) is 6.33 Å². The molecule has 1 heterocycles. The third-order valence-corrected chi connectivity index (χ3v) is 3.37. The van der Waals surface area contributed by atoms with Gasteiger partial charge in [0.2, 0.25) is 5.91 Å². The zero-order valence-corrected chi connectivity index (χ0v) is 13.0. The highest BCUT2D eigenvalue weighted by Crippen LogP contribution is 2.08. The number of amides is 1. The summed E-state index contributed by atoms with van der Waals surface area (Å²) in [6.45, 7) is 4.04. The van der Waals surface area contributed by atoms with Crippen molar-refractivity contribution in [2.24, 2.45) is 0 Å². The van der Waals surface area contributed by atoms with E-state index in [4.69, 9.17) is 0 Å². The van der Waals surface area contributed by atoms with Crippen LogP contribution in [0.3, 0.4) is 0 Å². The number of unbranched alkanes of at least 4 members (excludes halogenated alkanes) is 1. The van der Waals surface area contributed by atoms with Gasteiger partial charge in [-0.3, -0.25) is 14.2 Å². The summed E-state index contributed by atoms with van der Waals surface area (Å²) in [4.78, 5) is 28.2. The first-order valence-electron chi connectivity index (χ1n) is 7.50. The van der Waals surface area contributed by atoms with Crippen LogP contribution in [0.15, 0.2) is 41.5 Å². The van der Waals surface area contributed by atoms with Crippen LogP contribution < -0.4 is 10.9 Å². The minimum absolute atomic E-state index is 0.0340. The molecule has 0 unspecified atom stereocenters. The molecule has 2 aromatic rings. The summed E-state index contributed by atoms with van der Waals surface area (Å²) in [5.74, 6) is -0.242. The van der Waals surface area contributed by atoms with Crippen molar-refractivity contribution >= 4 is 11.6 Å². The van der Waals surface area contributed by atoms with Crippen molar-refractivity contribution < 1.29 is 4.79 Å². The van der Waals surface area contributed by atoms with Gasteiger partial charge in [-0.15, -0.1) is 0 Å². The second kappa shape index (κ2) is 7.54. The Morgan fingerprint density at radius 2 is 2.00 bits per heavy atom. The van der Waals surface area contributed by atoms with Crippen molar-refractivity contribution in [3.63, 3.8) is 0 Å². The van der Waals surface area contributed by atoms with Gasteiger partial charge in [0.25, 0.3) is 5.56 Å². The molecule has 0 radical (unpaired) electrons. The molecular formula is C17H21N3O2. The number of carbonyl (C=O) groups excluding carboxylic acids is 1. The van der Waals surface area contributed by atoms with Crippen LogP contribution in [0.4, 0.5) is 5.69 Å². The summed E-state index contributed by atoms with van der Waals surface area (Å²) in [6.07, 6.45) is 4.30. The molecule has 116 valence electrons. The summed E-state index contributed by atoms with van der Waals surface area (Å²) < 4.78 is 1.32. The van der Waals surface area contributed by atoms with Gasteiger partial charge in [-0.1, -0.05) is 31.0 Å². The number of hydrogen-bond donors (Lipinski definition) is 1. The third kappa shape index (κ3) is 4.55. The van der Waals surface area contributed by atoms with Crippen molar-refractivity contribution in [1.29, 1.82) is 0 Å². The highest BCUT2D eigenvalue weighted by Gasteiger charge is 2.06. The fourth-order valence-corrected chi connectivity index (χ4v) is 2.07. The summed E-state index contributed by atoms with van der Waals surface area (Å²) in [7, 11) is 0. The molecule has 0 saturated heterocycles. The predicted molar refractivity (Wildman–Crippen MR) is 86.9 cm³/mol. The molecule has 5 nitrogen and oxygen atoms in total. The van der Waals surface area contributed by atoms with E-state index in [0.29, 0.717) is 0 Å². The van der Waals surface area contributed by atoms with E-state index in [2.05, 4.69) is 17.2 Å². The van der Waals surface area contributed by atoms with Gasteiger partial charge in [-0.25, -0.2) is 4.98 Å². The van der Waals surface area contributed by atoms with E-state index in [1.807, 2.05) is 31.2 Å². The normalized spacial score (nSPS) is 10.5. The Hall–Kier alpha value is -2.43. The zero-order valence-electron chi connectivity index (χ0n) is 13.0. The molecular weight excluding hydrogens is 278 g/mol. The molecule has 1 aromatic carbocycles. The standard InChI is InChI=1S/C17H21N3O2/c1-3-4-5-15-10-17(22)20(12-18-15)11-16(21)19-14-8-6-13(2)7-9-14/h6-10,12H,3-5,11H2,1-2H3,(H,19,21). The Labute approximate surface area is 130 Å². The Bertz CT molecular complexity index is 690. The number of anilines is 1. The lowest BCUT2D eigenvalue weighted by Crippen LogP contribution is -2.27. The molecule has 2 rings (SSSR count). The van der Waals surface area contributed by atoms with Gasteiger partial charge in [-0.2, -0.15) is 0 Å². The third-order valence-electron chi connectivity index (χ3n) is 3.37. The van der Waals surface area contributed by atoms with Crippen LogP contribution in [0.1, 0.15) is 31.0 Å². The predicted octanol–water partition coefficient (Wildman–Crippen LogP) is 2.53. The lowest BCUT2D eigenvalue weighted by atomic mass is 10.2. The molecule has 0 aliphatic rings. The van der Waals surface area contributed by atoms with Gasteiger partial charge in [0.15, 0.2) is 0 Å². The van der Waals surface area contributed by atoms with E-state index in [0.717, 1.165) is 36.2 Å². The molecule has 0 spiro atoms. The number of nitrogens with one attached hydrogen (secondary N) is 1. The maximum Gasteiger partial charge on any atom is 0.253 e. The van der Waals surface area contributed by atoms with Crippen molar-refractivity contribution in [1.82, 2.24) is 9.55 Å². The van der Waals surface area contributed by atoms with Crippen molar-refractivity contribution in [3.8, 4) is 0 Å². The number of carbonyl (C=O) groups is 1. The van der Waals surface area contributed by atoms with E-state index in [9.17, 15) is 9.59 Å². The molecule has 0 atom stereocenters. The fraction of sp³-hybridized carbons (Fsp3) is 0.353. The molecule has 1 aromatic heterocycles. The van der Waals surface area contributed by atoms with Crippen LogP contribution in [0, 0.1) is 6.92 Å². The SMILES string of the molecule is CCCCc1cc(=O)n(CC(=O)Nc2ccc(C)cc2)cn1. The van der Waals surface area contributed by atoms with E-state index >= 15 is 0 Å². The van der Waals surface area contributed by atoms with Gasteiger partial charge in [-0.05, 0) is 31.9 Å². The summed E-state index contributed by atoms with van der Waals surface area (Å²) in [5, 5.41) is 2.77. The Balaban J connectivity index is 1.99. The van der Waals surface area contributed by atoms with Gasteiger partial charge >= 0.3 is 0 Å². The smallest absolute Gasteiger partial charge is 0.253 e. The number of aryl methyl sites for hydroxylation is 2. The first kappa shape index (κ1) is 15.9. The summed E-state index contributed by atoms with van der Waals surface area (Å²) in [5.41, 5.74) is 2.43. The van der Waals surface area contributed by atoms with Gasteiger partial charge < -0.3 is 5.32 Å². The maximum atomic E-state index is 12.0. The minimum Gasteiger partial charge on any atom is -0.325 e. The number of hydrogen-bond acceptors (Lipinski definition) is 3. The highest BCUT2D eigenvalue weighted by atomic mass is 16.2. The number of aromatic nitrogens is 2. The van der Waals surface area contributed by atoms with Crippen LogP contribution in [-0.2, 0) is 17.8 Å². The second-order valence-electron chi connectivity index (χ2n) is 5.36. The quantitative estimate of drug-likeness (QED) is 0.891. The van der Waals surface area contributed by atoms with Crippen LogP contribution in [-0.4, -0.2) is 15.5 Å².